The van der Waals surface area contributed by atoms with Crippen molar-refractivity contribution in [3.63, 3.8) is 0 Å². The van der Waals surface area contributed by atoms with Crippen LogP contribution in [0, 0.1) is 6.92 Å². The predicted molar refractivity (Wildman–Crippen MR) is 85.7 cm³/mol. The van der Waals surface area contributed by atoms with E-state index in [1.54, 1.807) is 39.0 Å². The first-order valence-corrected chi connectivity index (χ1v) is 7.74. The molecule has 0 radical (unpaired) electrons. The SMILES string of the molecule is CC(=O)Oc1cccc(C(=O)N[C@H]2COC(C)(C)OC[C@@H]2O)c1C. The summed E-state index contributed by atoms with van der Waals surface area (Å²) in [4.78, 5) is 23.7. The summed E-state index contributed by atoms with van der Waals surface area (Å²) in [5.74, 6) is -1.32. The summed E-state index contributed by atoms with van der Waals surface area (Å²) in [6.45, 7) is 6.67. The molecule has 0 saturated carbocycles. The first kappa shape index (κ1) is 18.4. The molecular weight excluding hydrogens is 314 g/mol. The lowest BCUT2D eigenvalue weighted by molar-refractivity contribution is -0.203. The minimum atomic E-state index is -0.882. The van der Waals surface area contributed by atoms with Crippen LogP contribution in [0.3, 0.4) is 0 Å². The summed E-state index contributed by atoms with van der Waals surface area (Å²) in [6.07, 6.45) is -0.882. The van der Waals surface area contributed by atoms with E-state index in [4.69, 9.17) is 14.2 Å². The quantitative estimate of drug-likeness (QED) is 0.635. The van der Waals surface area contributed by atoms with Crippen LogP contribution in [0.25, 0.3) is 0 Å². The highest BCUT2D eigenvalue weighted by Crippen LogP contribution is 2.22. The zero-order valence-corrected chi connectivity index (χ0v) is 14.3. The van der Waals surface area contributed by atoms with Gasteiger partial charge in [-0.05, 0) is 32.9 Å². The van der Waals surface area contributed by atoms with Gasteiger partial charge in [-0.3, -0.25) is 9.59 Å². The first-order chi connectivity index (χ1) is 11.2. The third-order valence-electron chi connectivity index (χ3n) is 3.78. The van der Waals surface area contributed by atoms with Crippen LogP contribution in [0.1, 0.15) is 36.7 Å². The summed E-state index contributed by atoms with van der Waals surface area (Å²) in [7, 11) is 0. The molecule has 1 saturated heterocycles. The lowest BCUT2D eigenvalue weighted by Crippen LogP contribution is -2.47. The third kappa shape index (κ3) is 4.53. The Morgan fingerprint density at radius 2 is 1.96 bits per heavy atom. The van der Waals surface area contributed by atoms with Gasteiger partial charge in [-0.1, -0.05) is 6.07 Å². The Morgan fingerprint density at radius 3 is 2.62 bits per heavy atom. The van der Waals surface area contributed by atoms with Gasteiger partial charge in [0.05, 0.1) is 25.4 Å². The topological polar surface area (TPSA) is 94.1 Å². The van der Waals surface area contributed by atoms with Crippen molar-refractivity contribution in [2.75, 3.05) is 13.2 Å². The summed E-state index contributed by atoms with van der Waals surface area (Å²) in [5, 5.41) is 12.9. The van der Waals surface area contributed by atoms with Crippen molar-refractivity contribution in [3.8, 4) is 5.75 Å². The molecular formula is C17H23NO6. The van der Waals surface area contributed by atoms with Gasteiger partial charge < -0.3 is 24.6 Å². The number of hydrogen-bond acceptors (Lipinski definition) is 6. The highest BCUT2D eigenvalue weighted by atomic mass is 16.7. The van der Waals surface area contributed by atoms with E-state index >= 15 is 0 Å². The van der Waals surface area contributed by atoms with E-state index in [1.165, 1.54) is 6.92 Å². The highest BCUT2D eigenvalue weighted by molar-refractivity contribution is 5.96. The van der Waals surface area contributed by atoms with Gasteiger partial charge in [-0.25, -0.2) is 0 Å². The second-order valence-corrected chi connectivity index (χ2v) is 6.19. The molecule has 0 unspecified atom stereocenters. The Morgan fingerprint density at radius 1 is 1.29 bits per heavy atom. The molecule has 1 aliphatic rings. The predicted octanol–water partition coefficient (Wildman–Crippen LogP) is 1.16. The van der Waals surface area contributed by atoms with Gasteiger partial charge in [0, 0.05) is 18.1 Å². The van der Waals surface area contributed by atoms with Gasteiger partial charge in [-0.15, -0.1) is 0 Å². The van der Waals surface area contributed by atoms with Crippen LogP contribution in [-0.2, 0) is 14.3 Å². The van der Waals surface area contributed by atoms with Crippen molar-refractivity contribution in [2.24, 2.45) is 0 Å². The fourth-order valence-corrected chi connectivity index (χ4v) is 2.36. The number of benzene rings is 1. The number of hydrogen-bond donors (Lipinski definition) is 2. The molecule has 1 aromatic rings. The molecule has 0 aromatic heterocycles. The second kappa shape index (κ2) is 7.29. The smallest absolute Gasteiger partial charge is 0.308 e. The molecule has 1 fully saturated rings. The Kier molecular flexibility index (Phi) is 5.58. The van der Waals surface area contributed by atoms with Gasteiger partial charge in [0.2, 0.25) is 0 Å². The number of nitrogens with one attached hydrogen (secondary N) is 1. The lowest BCUT2D eigenvalue weighted by atomic mass is 10.1. The number of esters is 1. The molecule has 0 bridgehead atoms. The maximum Gasteiger partial charge on any atom is 0.308 e. The van der Waals surface area contributed by atoms with Gasteiger partial charge >= 0.3 is 5.97 Å². The van der Waals surface area contributed by atoms with Crippen LogP contribution in [-0.4, -0.2) is 48.1 Å². The Labute approximate surface area is 140 Å². The van der Waals surface area contributed by atoms with Gasteiger partial charge in [0.15, 0.2) is 5.79 Å². The Balaban J connectivity index is 2.13. The van der Waals surface area contributed by atoms with E-state index in [9.17, 15) is 14.7 Å². The zero-order valence-electron chi connectivity index (χ0n) is 14.3. The molecule has 0 spiro atoms. The third-order valence-corrected chi connectivity index (χ3v) is 3.78. The molecule has 1 aromatic carbocycles. The maximum absolute atomic E-state index is 12.5. The molecule has 2 atom stereocenters. The van der Waals surface area contributed by atoms with Gasteiger partial charge in [0.1, 0.15) is 5.75 Å². The van der Waals surface area contributed by atoms with Crippen molar-refractivity contribution in [1.29, 1.82) is 0 Å². The molecule has 132 valence electrons. The van der Waals surface area contributed by atoms with Crippen LogP contribution in [0.5, 0.6) is 5.75 Å². The van der Waals surface area contributed by atoms with E-state index in [1.807, 2.05) is 0 Å². The second-order valence-electron chi connectivity index (χ2n) is 6.19. The first-order valence-electron chi connectivity index (χ1n) is 7.74. The molecule has 7 heteroatoms. The van der Waals surface area contributed by atoms with Gasteiger partial charge in [0.25, 0.3) is 5.91 Å². The van der Waals surface area contributed by atoms with E-state index in [-0.39, 0.29) is 19.1 Å². The molecule has 24 heavy (non-hydrogen) atoms. The average Bonchev–Trinajstić information content (AvgIpc) is 2.62. The Hall–Kier alpha value is -1.96. The maximum atomic E-state index is 12.5. The average molecular weight is 337 g/mol. The number of amides is 1. The van der Waals surface area contributed by atoms with E-state index in [0.717, 1.165) is 0 Å². The number of carbonyl (C=O) groups is 2. The van der Waals surface area contributed by atoms with Crippen LogP contribution in [0.4, 0.5) is 0 Å². The van der Waals surface area contributed by atoms with Crippen LogP contribution >= 0.6 is 0 Å². The number of rotatable bonds is 3. The van der Waals surface area contributed by atoms with Crippen molar-refractivity contribution in [2.45, 2.75) is 45.6 Å². The summed E-state index contributed by atoms with van der Waals surface area (Å²) in [5.41, 5.74) is 0.913. The van der Waals surface area contributed by atoms with Gasteiger partial charge in [-0.2, -0.15) is 0 Å². The Bertz CT molecular complexity index is 628. The number of aliphatic hydroxyl groups is 1. The van der Waals surface area contributed by atoms with Crippen molar-refractivity contribution in [1.82, 2.24) is 5.32 Å². The molecule has 0 aliphatic carbocycles. The fourth-order valence-electron chi connectivity index (χ4n) is 2.36. The largest absolute Gasteiger partial charge is 0.426 e. The standard InChI is InChI=1S/C17H23NO6/c1-10-12(6-5-7-15(10)24-11(2)19)16(21)18-13-8-22-17(3,4)23-9-14(13)20/h5-7,13-14,20H,8-9H2,1-4H3,(H,18,21)/t13-,14-/m0/s1. The molecule has 1 aliphatic heterocycles. The van der Waals surface area contributed by atoms with E-state index in [0.29, 0.717) is 16.9 Å². The molecule has 1 heterocycles. The number of ether oxygens (including phenoxy) is 3. The minimum absolute atomic E-state index is 0.0599. The minimum Gasteiger partial charge on any atom is -0.426 e. The number of carbonyl (C=O) groups excluding carboxylic acids is 2. The summed E-state index contributed by atoms with van der Waals surface area (Å²) >= 11 is 0. The molecule has 7 nitrogen and oxygen atoms in total. The van der Waals surface area contributed by atoms with Crippen LogP contribution in [0.15, 0.2) is 18.2 Å². The lowest BCUT2D eigenvalue weighted by Gasteiger charge is -2.23. The van der Waals surface area contributed by atoms with E-state index in [2.05, 4.69) is 5.32 Å². The number of aliphatic hydroxyl groups excluding tert-OH is 1. The summed E-state index contributed by atoms with van der Waals surface area (Å²) < 4.78 is 16.1. The molecule has 2 rings (SSSR count). The summed E-state index contributed by atoms with van der Waals surface area (Å²) in [6, 6.07) is 4.28. The van der Waals surface area contributed by atoms with Crippen molar-refractivity contribution >= 4 is 11.9 Å². The van der Waals surface area contributed by atoms with Crippen LogP contribution < -0.4 is 10.1 Å². The van der Waals surface area contributed by atoms with Crippen molar-refractivity contribution in [3.05, 3.63) is 29.3 Å². The van der Waals surface area contributed by atoms with E-state index < -0.39 is 23.9 Å². The fraction of sp³-hybridized carbons (Fsp3) is 0.529. The normalized spacial score (nSPS) is 23.2. The molecule has 1 amide bonds. The monoisotopic (exact) mass is 337 g/mol. The highest BCUT2D eigenvalue weighted by Gasteiger charge is 2.32. The van der Waals surface area contributed by atoms with Crippen LogP contribution in [0.2, 0.25) is 0 Å². The zero-order chi connectivity index (χ0) is 17.9. The molecule has 2 N–H and O–H groups in total. The van der Waals surface area contributed by atoms with Crippen molar-refractivity contribution < 1.29 is 28.9 Å².